The Hall–Kier alpha value is -2.35. The summed E-state index contributed by atoms with van der Waals surface area (Å²) < 4.78 is 10.0. The number of rotatable bonds is 6. The number of hydrogen-bond acceptors (Lipinski definition) is 6. The summed E-state index contributed by atoms with van der Waals surface area (Å²) >= 11 is 0. The minimum Gasteiger partial charge on any atom is -0.493 e. The number of nitrogens with two attached hydrogens (primary N) is 2. The number of nitro groups is 1. The number of nitrogens with zero attached hydrogens (tertiary/aromatic N) is 1. The Morgan fingerprint density at radius 2 is 2.11 bits per heavy atom. The van der Waals surface area contributed by atoms with Crippen LogP contribution in [0, 0.1) is 10.1 Å². The highest BCUT2D eigenvalue weighted by Crippen LogP contribution is 2.34. The van der Waals surface area contributed by atoms with Crippen LogP contribution in [0.3, 0.4) is 0 Å². The summed E-state index contributed by atoms with van der Waals surface area (Å²) in [5.74, 6) is -0.370. The van der Waals surface area contributed by atoms with Crippen molar-refractivity contribution in [2.75, 3.05) is 13.7 Å². The van der Waals surface area contributed by atoms with Crippen LogP contribution in [0.5, 0.6) is 11.5 Å². The first-order valence-corrected chi connectivity index (χ1v) is 4.96. The van der Waals surface area contributed by atoms with Crippen molar-refractivity contribution in [1.29, 1.82) is 0 Å². The molecule has 4 N–H and O–H groups in total. The molecule has 0 radical (unpaired) electrons. The Morgan fingerprint density at radius 3 is 2.56 bits per heavy atom. The van der Waals surface area contributed by atoms with E-state index < -0.39 is 17.4 Å². The number of primary amides is 1. The molecule has 8 heteroatoms. The summed E-state index contributed by atoms with van der Waals surface area (Å²) in [5, 5.41) is 10.8. The molecule has 0 bridgehead atoms. The molecule has 0 aliphatic heterocycles. The van der Waals surface area contributed by atoms with Crippen molar-refractivity contribution in [3.05, 3.63) is 27.8 Å². The number of hydrogen-bond donors (Lipinski definition) is 2. The lowest BCUT2D eigenvalue weighted by molar-refractivity contribution is -0.385. The molecule has 18 heavy (non-hydrogen) atoms. The predicted octanol–water partition coefficient (Wildman–Crippen LogP) is -0.0738. The Bertz CT molecular complexity index is 475. The van der Waals surface area contributed by atoms with E-state index in [2.05, 4.69) is 0 Å². The van der Waals surface area contributed by atoms with Crippen LogP contribution < -0.4 is 20.9 Å². The molecular formula is C10H13N3O5. The first-order chi connectivity index (χ1) is 8.49. The molecule has 0 aromatic heterocycles. The first kappa shape index (κ1) is 13.7. The summed E-state index contributed by atoms with van der Waals surface area (Å²) in [5.41, 5.74) is 10.4. The van der Waals surface area contributed by atoms with Gasteiger partial charge in [0.15, 0.2) is 18.1 Å². The molecule has 1 aromatic carbocycles. The van der Waals surface area contributed by atoms with Gasteiger partial charge < -0.3 is 20.9 Å². The molecule has 0 aliphatic rings. The second-order valence-corrected chi connectivity index (χ2v) is 3.35. The second kappa shape index (κ2) is 5.82. The lowest BCUT2D eigenvalue weighted by atomic mass is 10.1. The van der Waals surface area contributed by atoms with Gasteiger partial charge in [0.1, 0.15) is 0 Å². The van der Waals surface area contributed by atoms with E-state index >= 15 is 0 Å². The van der Waals surface area contributed by atoms with Gasteiger partial charge in [0.25, 0.3) is 11.6 Å². The molecule has 0 heterocycles. The first-order valence-electron chi connectivity index (χ1n) is 4.96. The van der Waals surface area contributed by atoms with Gasteiger partial charge in [-0.2, -0.15) is 0 Å². The van der Waals surface area contributed by atoms with E-state index in [9.17, 15) is 14.9 Å². The number of methoxy groups -OCH3 is 1. The zero-order chi connectivity index (χ0) is 13.7. The average molecular weight is 255 g/mol. The average Bonchev–Trinajstić information content (AvgIpc) is 2.34. The maximum Gasteiger partial charge on any atom is 0.277 e. The smallest absolute Gasteiger partial charge is 0.277 e. The third-order valence-corrected chi connectivity index (χ3v) is 2.15. The van der Waals surface area contributed by atoms with E-state index in [0.717, 1.165) is 6.07 Å². The molecule has 0 fully saturated rings. The summed E-state index contributed by atoms with van der Waals surface area (Å²) in [7, 11) is 1.37. The third-order valence-electron chi connectivity index (χ3n) is 2.15. The Balaban J connectivity index is 3.18. The lowest BCUT2D eigenvalue weighted by Gasteiger charge is -2.11. The van der Waals surface area contributed by atoms with Crippen LogP contribution in [-0.4, -0.2) is 24.5 Å². The van der Waals surface area contributed by atoms with E-state index in [4.69, 9.17) is 20.9 Å². The maximum atomic E-state index is 10.8. The van der Waals surface area contributed by atoms with Crippen LogP contribution in [0.4, 0.5) is 5.69 Å². The summed E-state index contributed by atoms with van der Waals surface area (Å²) in [4.78, 5) is 20.9. The van der Waals surface area contributed by atoms with Crippen molar-refractivity contribution in [2.45, 2.75) is 6.54 Å². The van der Waals surface area contributed by atoms with Crippen molar-refractivity contribution in [3.63, 3.8) is 0 Å². The second-order valence-electron chi connectivity index (χ2n) is 3.35. The molecule has 0 saturated heterocycles. The third kappa shape index (κ3) is 3.08. The summed E-state index contributed by atoms with van der Waals surface area (Å²) in [6.45, 7) is -0.405. The topological polar surface area (TPSA) is 131 Å². The standard InChI is InChI=1S/C10H13N3O5/c1-17-8-2-6(4-11)7(13(15)16)3-9(8)18-5-10(12)14/h2-3H,4-5,11H2,1H3,(H2,12,14). The summed E-state index contributed by atoms with van der Waals surface area (Å²) in [6, 6.07) is 2.55. The molecular weight excluding hydrogens is 242 g/mol. The van der Waals surface area contributed by atoms with Crippen molar-refractivity contribution in [1.82, 2.24) is 0 Å². The van der Waals surface area contributed by atoms with Crippen molar-refractivity contribution < 1.29 is 19.2 Å². The van der Waals surface area contributed by atoms with Gasteiger partial charge in [-0.05, 0) is 6.07 Å². The van der Waals surface area contributed by atoms with Crippen LogP contribution in [-0.2, 0) is 11.3 Å². The van der Waals surface area contributed by atoms with Gasteiger partial charge >= 0.3 is 0 Å². The molecule has 1 rings (SSSR count). The van der Waals surface area contributed by atoms with Gasteiger partial charge in [0.2, 0.25) is 0 Å². The van der Waals surface area contributed by atoms with Crippen molar-refractivity contribution >= 4 is 11.6 Å². The number of ether oxygens (including phenoxy) is 2. The minimum absolute atomic E-state index is 0.0111. The van der Waals surface area contributed by atoms with E-state index in [1.807, 2.05) is 0 Å². The molecule has 0 saturated carbocycles. The van der Waals surface area contributed by atoms with Gasteiger partial charge in [-0.15, -0.1) is 0 Å². The number of carbonyl (C=O) groups is 1. The van der Waals surface area contributed by atoms with Crippen LogP contribution in [0.25, 0.3) is 0 Å². The van der Waals surface area contributed by atoms with Gasteiger partial charge in [-0.3, -0.25) is 14.9 Å². The highest BCUT2D eigenvalue weighted by atomic mass is 16.6. The number of carbonyl (C=O) groups excluding carboxylic acids is 1. The van der Waals surface area contributed by atoms with Crippen LogP contribution >= 0.6 is 0 Å². The molecule has 98 valence electrons. The highest BCUT2D eigenvalue weighted by molar-refractivity contribution is 5.75. The molecule has 1 amide bonds. The van der Waals surface area contributed by atoms with E-state index in [-0.39, 0.29) is 23.7 Å². The highest BCUT2D eigenvalue weighted by Gasteiger charge is 2.19. The predicted molar refractivity (Wildman–Crippen MR) is 62.2 cm³/mol. The van der Waals surface area contributed by atoms with E-state index in [1.54, 1.807) is 0 Å². The van der Waals surface area contributed by atoms with E-state index in [1.165, 1.54) is 13.2 Å². The Morgan fingerprint density at radius 1 is 1.44 bits per heavy atom. The fraction of sp³-hybridized carbons (Fsp3) is 0.300. The van der Waals surface area contributed by atoms with Gasteiger partial charge in [-0.25, -0.2) is 0 Å². The molecule has 0 unspecified atom stereocenters. The Kier molecular flexibility index (Phi) is 4.44. The number of benzene rings is 1. The van der Waals surface area contributed by atoms with Crippen LogP contribution in [0.15, 0.2) is 12.1 Å². The fourth-order valence-electron chi connectivity index (χ4n) is 1.35. The molecule has 0 aliphatic carbocycles. The molecule has 8 nitrogen and oxygen atoms in total. The number of amides is 1. The summed E-state index contributed by atoms with van der Waals surface area (Å²) in [6.07, 6.45) is 0. The van der Waals surface area contributed by atoms with Crippen LogP contribution in [0.2, 0.25) is 0 Å². The maximum absolute atomic E-state index is 10.8. The SMILES string of the molecule is COc1cc(CN)c([N+](=O)[O-])cc1OCC(N)=O. The molecule has 0 spiro atoms. The molecule has 0 atom stereocenters. The van der Waals surface area contributed by atoms with Crippen LogP contribution in [0.1, 0.15) is 5.56 Å². The van der Waals surface area contributed by atoms with Crippen molar-refractivity contribution in [2.24, 2.45) is 11.5 Å². The molecule has 1 aromatic rings. The Labute approximate surface area is 103 Å². The zero-order valence-electron chi connectivity index (χ0n) is 9.71. The van der Waals surface area contributed by atoms with Gasteiger partial charge in [0.05, 0.1) is 18.1 Å². The van der Waals surface area contributed by atoms with E-state index in [0.29, 0.717) is 5.56 Å². The fourth-order valence-corrected chi connectivity index (χ4v) is 1.35. The number of nitro benzene ring substituents is 1. The minimum atomic E-state index is -0.692. The largest absolute Gasteiger partial charge is 0.493 e. The zero-order valence-corrected chi connectivity index (χ0v) is 9.71. The normalized spacial score (nSPS) is 9.89. The van der Waals surface area contributed by atoms with Crippen molar-refractivity contribution in [3.8, 4) is 11.5 Å². The quantitative estimate of drug-likeness (QED) is 0.540. The van der Waals surface area contributed by atoms with Gasteiger partial charge in [-0.1, -0.05) is 0 Å². The monoisotopic (exact) mass is 255 g/mol. The van der Waals surface area contributed by atoms with Gasteiger partial charge in [0, 0.05) is 12.1 Å². The lowest BCUT2D eigenvalue weighted by Crippen LogP contribution is -2.20.